The molecule has 1 aliphatic heterocycles. The standard InChI is InChI=1S/C14H20N2O3/c1-3-7-14(17)9-15(10-14)8-12-5-4-6-13(11(12)2)16(18)19/h4-6,17H,3,7-10H2,1-2H3. The number of hydrogen-bond donors (Lipinski definition) is 1. The Morgan fingerprint density at radius 2 is 2.16 bits per heavy atom. The van der Waals surface area contributed by atoms with E-state index in [2.05, 4.69) is 11.8 Å². The van der Waals surface area contributed by atoms with Crippen LogP contribution in [0.1, 0.15) is 30.9 Å². The average Bonchev–Trinajstić information content (AvgIpc) is 2.29. The first-order valence-corrected chi connectivity index (χ1v) is 6.63. The summed E-state index contributed by atoms with van der Waals surface area (Å²) in [5.41, 5.74) is 1.30. The first kappa shape index (κ1) is 14.0. The average molecular weight is 264 g/mol. The summed E-state index contributed by atoms with van der Waals surface area (Å²) in [5, 5.41) is 21.0. The lowest BCUT2D eigenvalue weighted by Crippen LogP contribution is -2.61. The Balaban J connectivity index is 2.02. The molecule has 0 aliphatic carbocycles. The zero-order chi connectivity index (χ0) is 14.0. The van der Waals surface area contributed by atoms with E-state index in [0.29, 0.717) is 19.6 Å². The topological polar surface area (TPSA) is 66.6 Å². The van der Waals surface area contributed by atoms with Crippen LogP contribution in [0.5, 0.6) is 0 Å². The van der Waals surface area contributed by atoms with Crippen molar-refractivity contribution >= 4 is 5.69 Å². The van der Waals surface area contributed by atoms with E-state index in [4.69, 9.17) is 0 Å². The van der Waals surface area contributed by atoms with Crippen molar-refractivity contribution in [2.45, 2.75) is 38.8 Å². The molecule has 0 unspecified atom stereocenters. The van der Waals surface area contributed by atoms with Crippen molar-refractivity contribution in [1.82, 2.24) is 4.90 Å². The minimum atomic E-state index is -0.552. The van der Waals surface area contributed by atoms with Crippen LogP contribution < -0.4 is 0 Å². The second-order valence-electron chi connectivity index (χ2n) is 5.44. The van der Waals surface area contributed by atoms with Crippen LogP contribution in [0.4, 0.5) is 5.69 Å². The highest BCUT2D eigenvalue weighted by atomic mass is 16.6. The molecule has 0 aromatic heterocycles. The monoisotopic (exact) mass is 264 g/mol. The molecule has 5 nitrogen and oxygen atoms in total. The van der Waals surface area contributed by atoms with Crippen molar-refractivity contribution in [2.75, 3.05) is 13.1 Å². The van der Waals surface area contributed by atoms with Crippen molar-refractivity contribution in [3.05, 3.63) is 39.4 Å². The third-order valence-corrected chi connectivity index (χ3v) is 3.76. The molecule has 1 aromatic rings. The molecule has 1 aliphatic rings. The molecule has 0 bridgehead atoms. The summed E-state index contributed by atoms with van der Waals surface area (Å²) in [7, 11) is 0. The maximum atomic E-state index is 10.9. The van der Waals surface area contributed by atoms with Gasteiger partial charge in [0.25, 0.3) is 5.69 Å². The van der Waals surface area contributed by atoms with E-state index < -0.39 is 5.60 Å². The van der Waals surface area contributed by atoms with Gasteiger partial charge in [-0.1, -0.05) is 25.5 Å². The Morgan fingerprint density at radius 3 is 2.74 bits per heavy atom. The molecule has 0 atom stereocenters. The fourth-order valence-electron chi connectivity index (χ4n) is 2.80. The highest BCUT2D eigenvalue weighted by molar-refractivity contribution is 5.44. The molecule has 104 valence electrons. The number of likely N-dealkylation sites (tertiary alicyclic amines) is 1. The lowest BCUT2D eigenvalue weighted by atomic mass is 9.88. The molecule has 0 amide bonds. The normalized spacial score (nSPS) is 18.1. The molecule has 1 aromatic carbocycles. The number of β-amino-alcohol motifs (C(OH)–C–C–N with tert-alkyl or cyclic N) is 1. The Kier molecular flexibility index (Phi) is 3.87. The predicted octanol–water partition coefficient (Wildman–Crippen LogP) is 2.25. The Hall–Kier alpha value is -1.46. The molecular weight excluding hydrogens is 244 g/mol. The van der Waals surface area contributed by atoms with Crippen molar-refractivity contribution in [1.29, 1.82) is 0 Å². The minimum Gasteiger partial charge on any atom is -0.387 e. The lowest BCUT2D eigenvalue weighted by molar-refractivity contribution is -0.385. The van der Waals surface area contributed by atoms with Gasteiger partial charge in [-0.15, -0.1) is 0 Å². The van der Waals surface area contributed by atoms with Crippen LogP contribution in [0.15, 0.2) is 18.2 Å². The van der Waals surface area contributed by atoms with Crippen LogP contribution in [0.2, 0.25) is 0 Å². The van der Waals surface area contributed by atoms with Gasteiger partial charge in [0, 0.05) is 31.3 Å². The van der Waals surface area contributed by atoms with E-state index in [1.807, 2.05) is 6.07 Å². The van der Waals surface area contributed by atoms with Gasteiger partial charge in [-0.3, -0.25) is 15.0 Å². The third kappa shape index (κ3) is 2.93. The first-order valence-electron chi connectivity index (χ1n) is 6.63. The summed E-state index contributed by atoms with van der Waals surface area (Å²) in [6.45, 7) is 5.82. The molecule has 1 heterocycles. The molecule has 5 heteroatoms. The van der Waals surface area contributed by atoms with Gasteiger partial charge in [0.15, 0.2) is 0 Å². The number of hydrogen-bond acceptors (Lipinski definition) is 4. The van der Waals surface area contributed by atoms with Crippen LogP contribution in [0, 0.1) is 17.0 Å². The summed E-state index contributed by atoms with van der Waals surface area (Å²) in [6.07, 6.45) is 1.79. The van der Waals surface area contributed by atoms with Gasteiger partial charge in [0.1, 0.15) is 0 Å². The smallest absolute Gasteiger partial charge is 0.272 e. The van der Waals surface area contributed by atoms with Crippen molar-refractivity contribution in [3.63, 3.8) is 0 Å². The minimum absolute atomic E-state index is 0.168. The van der Waals surface area contributed by atoms with Gasteiger partial charge >= 0.3 is 0 Å². The molecule has 1 N–H and O–H groups in total. The van der Waals surface area contributed by atoms with E-state index in [-0.39, 0.29) is 10.6 Å². The Morgan fingerprint density at radius 1 is 1.47 bits per heavy atom. The summed E-state index contributed by atoms with van der Waals surface area (Å²) in [5.74, 6) is 0. The molecule has 1 fully saturated rings. The molecule has 1 saturated heterocycles. The van der Waals surface area contributed by atoms with Gasteiger partial charge < -0.3 is 5.11 Å². The van der Waals surface area contributed by atoms with Crippen LogP contribution in [0.25, 0.3) is 0 Å². The molecule has 0 radical (unpaired) electrons. The Bertz CT molecular complexity index is 482. The second-order valence-corrected chi connectivity index (χ2v) is 5.44. The highest BCUT2D eigenvalue weighted by Crippen LogP contribution is 2.29. The number of nitro groups is 1. The highest BCUT2D eigenvalue weighted by Gasteiger charge is 2.40. The van der Waals surface area contributed by atoms with E-state index >= 15 is 0 Å². The first-order chi connectivity index (χ1) is 8.95. The number of rotatable bonds is 5. The maximum Gasteiger partial charge on any atom is 0.272 e. The van der Waals surface area contributed by atoms with Crippen molar-refractivity contribution < 1.29 is 10.0 Å². The zero-order valence-electron chi connectivity index (χ0n) is 11.4. The number of nitrogens with zero attached hydrogens (tertiary/aromatic N) is 2. The molecule has 19 heavy (non-hydrogen) atoms. The quantitative estimate of drug-likeness (QED) is 0.654. The van der Waals surface area contributed by atoms with Gasteiger partial charge in [-0.25, -0.2) is 0 Å². The van der Waals surface area contributed by atoms with Crippen molar-refractivity contribution in [3.8, 4) is 0 Å². The molecule has 0 saturated carbocycles. The predicted molar refractivity (Wildman–Crippen MR) is 73.0 cm³/mol. The SMILES string of the molecule is CCCC1(O)CN(Cc2cccc([N+](=O)[O-])c2C)C1. The zero-order valence-corrected chi connectivity index (χ0v) is 11.4. The van der Waals surface area contributed by atoms with E-state index in [1.165, 1.54) is 6.07 Å². The fraction of sp³-hybridized carbons (Fsp3) is 0.571. The van der Waals surface area contributed by atoms with Crippen molar-refractivity contribution in [2.24, 2.45) is 0 Å². The summed E-state index contributed by atoms with van der Waals surface area (Å²) >= 11 is 0. The summed E-state index contributed by atoms with van der Waals surface area (Å²) < 4.78 is 0. The summed E-state index contributed by atoms with van der Waals surface area (Å²) in [4.78, 5) is 12.7. The number of benzene rings is 1. The van der Waals surface area contributed by atoms with Gasteiger partial charge in [0.05, 0.1) is 10.5 Å². The van der Waals surface area contributed by atoms with E-state index in [1.54, 1.807) is 13.0 Å². The second kappa shape index (κ2) is 5.27. The maximum absolute atomic E-state index is 10.9. The van der Waals surface area contributed by atoms with Crippen LogP contribution in [-0.2, 0) is 6.54 Å². The number of nitro benzene ring substituents is 1. The van der Waals surface area contributed by atoms with E-state index in [9.17, 15) is 15.2 Å². The lowest BCUT2D eigenvalue weighted by Gasteiger charge is -2.46. The Labute approximate surface area is 113 Å². The molecule has 2 rings (SSSR count). The van der Waals surface area contributed by atoms with Gasteiger partial charge in [0.2, 0.25) is 0 Å². The van der Waals surface area contributed by atoms with Gasteiger partial charge in [-0.2, -0.15) is 0 Å². The number of aliphatic hydroxyl groups is 1. The fourth-order valence-corrected chi connectivity index (χ4v) is 2.80. The van der Waals surface area contributed by atoms with Gasteiger partial charge in [-0.05, 0) is 18.9 Å². The third-order valence-electron chi connectivity index (χ3n) is 3.76. The largest absolute Gasteiger partial charge is 0.387 e. The van der Waals surface area contributed by atoms with Crippen LogP contribution in [-0.4, -0.2) is 33.6 Å². The van der Waals surface area contributed by atoms with Crippen LogP contribution >= 0.6 is 0 Å². The molecule has 0 spiro atoms. The van der Waals surface area contributed by atoms with E-state index in [0.717, 1.165) is 24.0 Å². The summed E-state index contributed by atoms with van der Waals surface area (Å²) in [6, 6.07) is 5.17. The molecular formula is C14H20N2O3. The van der Waals surface area contributed by atoms with Crippen LogP contribution in [0.3, 0.4) is 0 Å².